The molecule has 1 aliphatic rings. The first-order valence-electron chi connectivity index (χ1n) is 6.99. The normalized spacial score (nSPS) is 29.5. The predicted octanol–water partition coefficient (Wildman–Crippen LogP) is 4.81. The van der Waals surface area contributed by atoms with Crippen molar-refractivity contribution in [3.63, 3.8) is 0 Å². The predicted molar refractivity (Wildman–Crippen MR) is 76.0 cm³/mol. The molecule has 0 aromatic carbocycles. The Labute approximate surface area is 118 Å². The van der Waals surface area contributed by atoms with Crippen LogP contribution in [0.5, 0.6) is 0 Å². The van der Waals surface area contributed by atoms with Gasteiger partial charge in [0.2, 0.25) is 0 Å². The quantitative estimate of drug-likeness (QED) is 0.805. The first-order chi connectivity index (χ1) is 8.58. The molecule has 2 N–H and O–H groups in total. The van der Waals surface area contributed by atoms with Gasteiger partial charge in [-0.2, -0.15) is 13.2 Å². The second-order valence-corrected chi connectivity index (χ2v) is 8.05. The van der Waals surface area contributed by atoms with Crippen molar-refractivity contribution >= 4 is 11.8 Å². The summed E-state index contributed by atoms with van der Waals surface area (Å²) in [6.07, 6.45) is 4.73. The Hall–Kier alpha value is 0.100. The minimum Gasteiger partial charge on any atom is -0.330 e. The van der Waals surface area contributed by atoms with Gasteiger partial charge in [-0.05, 0) is 55.4 Å². The van der Waals surface area contributed by atoms with Gasteiger partial charge in [0.1, 0.15) is 0 Å². The van der Waals surface area contributed by atoms with E-state index in [4.69, 9.17) is 5.73 Å². The summed E-state index contributed by atoms with van der Waals surface area (Å²) in [7, 11) is 0. The summed E-state index contributed by atoms with van der Waals surface area (Å²) in [5.74, 6) is 0.809. The number of hydrogen-bond donors (Lipinski definition) is 1. The van der Waals surface area contributed by atoms with Gasteiger partial charge in [0, 0.05) is 5.75 Å². The lowest BCUT2D eigenvalue weighted by atomic mass is 9.63. The van der Waals surface area contributed by atoms with Crippen molar-refractivity contribution in [2.45, 2.75) is 58.4 Å². The highest BCUT2D eigenvalue weighted by molar-refractivity contribution is 8.00. The number of thioether (sulfide) groups is 1. The standard InChI is InChI=1S/C14H26F3NS/c1-12(2,3)11-4-6-13(10-18,7-5-11)8-9-19-14(15,16)17/h11H,4-10,18H2,1-3H3. The molecule has 1 saturated carbocycles. The molecule has 0 spiro atoms. The van der Waals surface area contributed by atoms with E-state index in [9.17, 15) is 13.2 Å². The zero-order valence-electron chi connectivity index (χ0n) is 12.1. The highest BCUT2D eigenvalue weighted by atomic mass is 32.2. The molecule has 0 aromatic rings. The molecule has 1 aliphatic carbocycles. The Morgan fingerprint density at radius 2 is 1.68 bits per heavy atom. The van der Waals surface area contributed by atoms with Crippen LogP contribution in [0.2, 0.25) is 0 Å². The fraction of sp³-hybridized carbons (Fsp3) is 1.00. The average molecular weight is 297 g/mol. The van der Waals surface area contributed by atoms with Crippen molar-refractivity contribution < 1.29 is 13.2 Å². The molecule has 114 valence electrons. The molecule has 1 fully saturated rings. The Balaban J connectivity index is 2.47. The molecule has 0 bridgehead atoms. The molecule has 0 unspecified atom stereocenters. The van der Waals surface area contributed by atoms with Crippen LogP contribution in [0.3, 0.4) is 0 Å². The fourth-order valence-electron chi connectivity index (χ4n) is 3.04. The Morgan fingerprint density at radius 3 is 2.05 bits per heavy atom. The molecule has 5 heteroatoms. The highest BCUT2D eigenvalue weighted by Gasteiger charge is 2.38. The van der Waals surface area contributed by atoms with Gasteiger partial charge in [-0.25, -0.2) is 0 Å². The van der Waals surface area contributed by atoms with Gasteiger partial charge < -0.3 is 5.73 Å². The van der Waals surface area contributed by atoms with Crippen LogP contribution < -0.4 is 5.73 Å². The monoisotopic (exact) mass is 297 g/mol. The molecule has 1 nitrogen and oxygen atoms in total. The highest BCUT2D eigenvalue weighted by Crippen LogP contribution is 2.47. The van der Waals surface area contributed by atoms with E-state index >= 15 is 0 Å². The van der Waals surface area contributed by atoms with Crippen molar-refractivity contribution in [3.05, 3.63) is 0 Å². The fourth-order valence-corrected chi connectivity index (χ4v) is 3.80. The summed E-state index contributed by atoms with van der Waals surface area (Å²) in [6, 6.07) is 0. The first kappa shape index (κ1) is 17.2. The minimum atomic E-state index is -4.11. The number of nitrogens with two attached hydrogens (primary N) is 1. The molecular weight excluding hydrogens is 271 g/mol. The van der Waals surface area contributed by atoms with Crippen molar-refractivity contribution in [2.24, 2.45) is 22.5 Å². The van der Waals surface area contributed by atoms with Gasteiger partial charge in [-0.1, -0.05) is 32.5 Å². The van der Waals surface area contributed by atoms with Gasteiger partial charge in [-0.3, -0.25) is 0 Å². The summed E-state index contributed by atoms with van der Waals surface area (Å²) in [5, 5.41) is 0. The SMILES string of the molecule is CC(C)(C)C1CCC(CN)(CCSC(F)(F)F)CC1. The van der Waals surface area contributed by atoms with Gasteiger partial charge in [-0.15, -0.1) is 0 Å². The maximum absolute atomic E-state index is 12.2. The molecule has 0 atom stereocenters. The van der Waals surface area contributed by atoms with Gasteiger partial charge in [0.25, 0.3) is 0 Å². The lowest BCUT2D eigenvalue weighted by molar-refractivity contribution is -0.0330. The van der Waals surface area contributed by atoms with E-state index in [0.29, 0.717) is 24.3 Å². The van der Waals surface area contributed by atoms with E-state index < -0.39 is 5.51 Å². The summed E-state index contributed by atoms with van der Waals surface area (Å²) < 4.78 is 36.6. The average Bonchev–Trinajstić information content (AvgIpc) is 2.26. The van der Waals surface area contributed by atoms with Crippen LogP contribution >= 0.6 is 11.8 Å². The van der Waals surface area contributed by atoms with Crippen molar-refractivity contribution in [2.75, 3.05) is 12.3 Å². The molecule has 0 radical (unpaired) electrons. The maximum atomic E-state index is 12.2. The van der Waals surface area contributed by atoms with Crippen LogP contribution in [0, 0.1) is 16.7 Å². The van der Waals surface area contributed by atoms with Crippen LogP contribution in [-0.4, -0.2) is 17.8 Å². The number of rotatable bonds is 4. The first-order valence-corrected chi connectivity index (χ1v) is 7.97. The summed E-state index contributed by atoms with van der Waals surface area (Å²) in [4.78, 5) is 0. The lowest BCUT2D eigenvalue weighted by Gasteiger charge is -2.43. The third kappa shape index (κ3) is 5.54. The molecule has 0 amide bonds. The largest absolute Gasteiger partial charge is 0.441 e. The second kappa shape index (κ2) is 6.25. The number of halogens is 3. The van der Waals surface area contributed by atoms with E-state index in [2.05, 4.69) is 20.8 Å². The molecule has 1 rings (SSSR count). The lowest BCUT2D eigenvalue weighted by Crippen LogP contribution is -2.38. The summed E-state index contributed by atoms with van der Waals surface area (Å²) >= 11 is 0.0919. The van der Waals surface area contributed by atoms with Gasteiger partial charge in [0.05, 0.1) is 0 Å². The molecule has 0 aliphatic heterocycles. The maximum Gasteiger partial charge on any atom is 0.441 e. The molecule has 0 saturated heterocycles. The van der Waals surface area contributed by atoms with Crippen LogP contribution in [-0.2, 0) is 0 Å². The zero-order valence-corrected chi connectivity index (χ0v) is 13.0. The Bertz CT molecular complexity index is 270. The summed E-state index contributed by atoms with van der Waals surface area (Å²) in [6.45, 7) is 7.24. The Kier molecular flexibility index (Phi) is 5.64. The van der Waals surface area contributed by atoms with Crippen LogP contribution in [0.4, 0.5) is 13.2 Å². The smallest absolute Gasteiger partial charge is 0.330 e. The number of hydrogen-bond acceptors (Lipinski definition) is 2. The van der Waals surface area contributed by atoms with Crippen molar-refractivity contribution in [3.8, 4) is 0 Å². The molecular formula is C14H26F3NS. The van der Waals surface area contributed by atoms with E-state index in [1.807, 2.05) is 0 Å². The van der Waals surface area contributed by atoms with Crippen LogP contribution in [0.25, 0.3) is 0 Å². The molecule has 0 aromatic heterocycles. The van der Waals surface area contributed by atoms with Crippen LogP contribution in [0.1, 0.15) is 52.9 Å². The van der Waals surface area contributed by atoms with E-state index in [-0.39, 0.29) is 22.9 Å². The third-order valence-corrected chi connectivity index (χ3v) is 5.34. The van der Waals surface area contributed by atoms with Crippen molar-refractivity contribution in [1.82, 2.24) is 0 Å². The number of alkyl halides is 3. The summed E-state index contributed by atoms with van der Waals surface area (Å²) in [5.41, 5.74) is 1.98. The second-order valence-electron chi connectivity index (χ2n) is 6.89. The topological polar surface area (TPSA) is 26.0 Å². The zero-order chi connectivity index (χ0) is 14.7. The van der Waals surface area contributed by atoms with E-state index in [1.54, 1.807) is 0 Å². The minimum absolute atomic E-state index is 0.0556. The van der Waals surface area contributed by atoms with E-state index in [1.165, 1.54) is 0 Å². The van der Waals surface area contributed by atoms with Crippen molar-refractivity contribution in [1.29, 1.82) is 0 Å². The Morgan fingerprint density at radius 1 is 1.16 bits per heavy atom. The molecule has 0 heterocycles. The third-order valence-electron chi connectivity index (χ3n) is 4.60. The van der Waals surface area contributed by atoms with Crippen LogP contribution in [0.15, 0.2) is 0 Å². The van der Waals surface area contributed by atoms with E-state index in [0.717, 1.165) is 25.7 Å². The van der Waals surface area contributed by atoms with Gasteiger partial charge in [0.15, 0.2) is 0 Å². The van der Waals surface area contributed by atoms with Gasteiger partial charge >= 0.3 is 5.51 Å². The molecule has 19 heavy (non-hydrogen) atoms.